The molecule has 0 nitrogen and oxygen atoms in total. The summed E-state index contributed by atoms with van der Waals surface area (Å²) in [5, 5.41) is -5.30. The molecule has 0 unspecified atom stereocenters. The molecule has 1 radical (unpaired) electrons. The highest BCUT2D eigenvalue weighted by Crippen LogP contribution is 2.56. The van der Waals surface area contributed by atoms with Crippen LogP contribution in [-0.2, 0) is 0 Å². The number of rotatable bonds is 4. The minimum atomic E-state index is -6.43. The molecule has 0 bridgehead atoms. The summed E-state index contributed by atoms with van der Waals surface area (Å²) in [5.74, 6) is -6.26. The molecule has 27 heavy (non-hydrogen) atoms. The van der Waals surface area contributed by atoms with Gasteiger partial charge in [0.05, 0.1) is 0 Å². The molecule has 0 aliphatic rings. The number of benzene rings is 2. The molecule has 0 N–H and O–H groups in total. The first-order chi connectivity index (χ1) is 12.2. The molecule has 2 rings (SSSR count). The Morgan fingerprint density at radius 1 is 0.926 bits per heavy atom. The van der Waals surface area contributed by atoms with Gasteiger partial charge in [-0.2, -0.15) is 30.7 Å². The number of thioether (sulfide) groups is 1. The van der Waals surface area contributed by atoms with Crippen LogP contribution in [0.1, 0.15) is 0 Å². The van der Waals surface area contributed by atoms with Gasteiger partial charge in [-0.1, -0.05) is 45.2 Å². The first-order valence-electron chi connectivity index (χ1n) is 6.55. The first kappa shape index (κ1) is 23.1. The average Bonchev–Trinajstić information content (AvgIpc) is 2.46. The normalized spacial score (nSPS) is 13.1. The Kier molecular flexibility index (Phi) is 6.79. The fraction of sp³-hybridized carbons (Fsp3) is 0.200. The summed E-state index contributed by atoms with van der Waals surface area (Å²) in [6.07, 6.45) is -6.43. The molecule has 0 amide bonds. The number of halogens is 11. The molecular formula is C15H4Br2Cl2F7S. The van der Waals surface area contributed by atoms with E-state index in [2.05, 4.69) is 37.9 Å². The van der Waals surface area contributed by atoms with E-state index in [0.29, 0.717) is 0 Å². The van der Waals surface area contributed by atoms with Gasteiger partial charge in [-0.05, 0) is 45.9 Å². The largest absolute Gasteiger partial charge is 0.460 e. The standard InChI is InChI=1S/C15H4Br2Cl2F7S/c16-6-3-9(17)12(8-2-1-7(18)5-10(8)19)11(4-6)27-15(25,26)13(20,21)14(22,23)24/h1-2,4-5H. The van der Waals surface area contributed by atoms with E-state index in [1.807, 2.05) is 0 Å². The van der Waals surface area contributed by atoms with Gasteiger partial charge < -0.3 is 0 Å². The Hall–Kier alpha value is -0.160. The Bertz CT molecular complexity index is 872. The van der Waals surface area contributed by atoms with E-state index in [1.54, 1.807) is 0 Å². The molecule has 0 saturated carbocycles. The summed E-state index contributed by atoms with van der Waals surface area (Å²) in [5.41, 5.74) is -0.0483. The van der Waals surface area contributed by atoms with Crippen molar-refractivity contribution in [2.24, 2.45) is 0 Å². The molecular weight excluding hydrogens is 576 g/mol. The van der Waals surface area contributed by atoms with Crippen LogP contribution in [-0.4, -0.2) is 17.4 Å². The van der Waals surface area contributed by atoms with Crippen LogP contribution in [0.15, 0.2) is 38.1 Å². The Balaban J connectivity index is 2.64. The zero-order valence-electron chi connectivity index (χ0n) is 12.4. The van der Waals surface area contributed by atoms with Crippen LogP contribution >= 0.6 is 66.8 Å². The van der Waals surface area contributed by atoms with Gasteiger partial charge in [0.1, 0.15) is 0 Å². The molecule has 0 heterocycles. The second-order valence-corrected chi connectivity index (χ2v) is 8.63. The molecule has 0 fully saturated rings. The highest BCUT2D eigenvalue weighted by Gasteiger charge is 2.73. The van der Waals surface area contributed by atoms with Crippen molar-refractivity contribution in [3.05, 3.63) is 49.3 Å². The van der Waals surface area contributed by atoms with Crippen molar-refractivity contribution in [1.29, 1.82) is 0 Å². The van der Waals surface area contributed by atoms with Crippen molar-refractivity contribution in [1.82, 2.24) is 0 Å². The third kappa shape index (κ3) is 4.71. The van der Waals surface area contributed by atoms with Gasteiger partial charge in [-0.15, -0.1) is 0 Å². The van der Waals surface area contributed by atoms with Gasteiger partial charge >= 0.3 is 17.4 Å². The lowest BCUT2D eigenvalue weighted by Crippen LogP contribution is -2.49. The Morgan fingerprint density at radius 2 is 1.52 bits per heavy atom. The summed E-state index contributed by atoms with van der Waals surface area (Å²) >= 11 is 16.8. The second kappa shape index (κ2) is 7.93. The van der Waals surface area contributed by atoms with E-state index < -0.39 is 34.0 Å². The predicted molar refractivity (Wildman–Crippen MR) is 97.9 cm³/mol. The number of hydrogen-bond donors (Lipinski definition) is 0. The summed E-state index contributed by atoms with van der Waals surface area (Å²) in [7, 11) is 0. The Morgan fingerprint density at radius 3 is 2.04 bits per heavy atom. The molecule has 0 spiro atoms. The summed E-state index contributed by atoms with van der Waals surface area (Å²) in [6, 6.07) is 7.53. The van der Waals surface area contributed by atoms with Crippen LogP contribution in [0.25, 0.3) is 11.1 Å². The smallest absolute Gasteiger partial charge is 0.188 e. The van der Waals surface area contributed by atoms with Crippen LogP contribution in [0.5, 0.6) is 0 Å². The minimum absolute atomic E-state index is 0.0216. The fourth-order valence-electron chi connectivity index (χ4n) is 1.89. The highest BCUT2D eigenvalue weighted by molar-refractivity contribution is 9.11. The molecule has 0 aliphatic carbocycles. The minimum Gasteiger partial charge on any atom is -0.188 e. The fourth-order valence-corrected chi connectivity index (χ4v) is 5.02. The highest BCUT2D eigenvalue weighted by atomic mass is 79.9. The summed E-state index contributed by atoms with van der Waals surface area (Å²) in [4.78, 5) is -0.578. The van der Waals surface area contributed by atoms with Crippen LogP contribution in [0.2, 0.25) is 10.0 Å². The Labute approximate surface area is 179 Å². The van der Waals surface area contributed by atoms with E-state index >= 15 is 0 Å². The monoisotopic (exact) mass is 577 g/mol. The van der Waals surface area contributed by atoms with Crippen LogP contribution in [0, 0.1) is 6.07 Å². The summed E-state index contributed by atoms with van der Waals surface area (Å²) < 4.78 is 91.7. The second-order valence-electron chi connectivity index (χ2n) is 4.99. The average molecular weight is 580 g/mol. The van der Waals surface area contributed by atoms with Crippen molar-refractivity contribution in [3.63, 3.8) is 0 Å². The zero-order valence-corrected chi connectivity index (χ0v) is 17.9. The lowest BCUT2D eigenvalue weighted by Gasteiger charge is -2.28. The van der Waals surface area contributed by atoms with Gasteiger partial charge in [0.15, 0.2) is 0 Å². The van der Waals surface area contributed by atoms with E-state index in [4.69, 9.17) is 23.2 Å². The third-order valence-corrected chi connectivity index (χ3v) is 5.74. The lowest BCUT2D eigenvalue weighted by atomic mass is 10.1. The lowest BCUT2D eigenvalue weighted by molar-refractivity contribution is -0.330. The third-order valence-electron chi connectivity index (χ3n) is 3.11. The van der Waals surface area contributed by atoms with E-state index in [0.717, 1.165) is 6.07 Å². The van der Waals surface area contributed by atoms with Crippen molar-refractivity contribution >= 4 is 66.8 Å². The first-order valence-corrected chi connectivity index (χ1v) is 9.71. The molecule has 2 aromatic carbocycles. The molecule has 0 atom stereocenters. The molecule has 0 aliphatic heterocycles. The maximum absolute atomic E-state index is 13.9. The van der Waals surface area contributed by atoms with E-state index in [-0.39, 0.29) is 30.1 Å². The number of alkyl halides is 7. The van der Waals surface area contributed by atoms with Gasteiger partial charge in [0.2, 0.25) is 0 Å². The molecule has 0 aromatic heterocycles. The van der Waals surface area contributed by atoms with Crippen molar-refractivity contribution < 1.29 is 30.7 Å². The van der Waals surface area contributed by atoms with Crippen LogP contribution in [0.3, 0.4) is 0 Å². The van der Waals surface area contributed by atoms with Crippen molar-refractivity contribution in [3.8, 4) is 11.1 Å². The van der Waals surface area contributed by atoms with Gasteiger partial charge in [-0.3, -0.25) is 0 Å². The SMILES string of the molecule is FC(F)(F)C(F)(F)C(F)(F)Sc1cc(Br)[c]c(Br)c1-c1ccc(Cl)cc1Cl. The predicted octanol–water partition coefficient (Wildman–Crippen LogP) is 8.87. The van der Waals surface area contributed by atoms with E-state index in [9.17, 15) is 30.7 Å². The maximum atomic E-state index is 13.9. The van der Waals surface area contributed by atoms with Gasteiger partial charge in [0.25, 0.3) is 0 Å². The quantitative estimate of drug-likeness (QED) is 0.257. The van der Waals surface area contributed by atoms with Crippen LogP contribution in [0.4, 0.5) is 30.7 Å². The number of hydrogen-bond acceptors (Lipinski definition) is 1. The van der Waals surface area contributed by atoms with Crippen molar-refractivity contribution in [2.75, 3.05) is 0 Å². The summed E-state index contributed by atoms with van der Waals surface area (Å²) in [6.45, 7) is 0. The molecule has 0 saturated heterocycles. The molecule has 12 heteroatoms. The van der Waals surface area contributed by atoms with E-state index in [1.165, 1.54) is 18.2 Å². The zero-order chi connectivity index (χ0) is 20.8. The maximum Gasteiger partial charge on any atom is 0.460 e. The topological polar surface area (TPSA) is 0 Å². The molecule has 147 valence electrons. The molecule has 2 aromatic rings. The van der Waals surface area contributed by atoms with Gasteiger partial charge in [0, 0.05) is 41.1 Å². The van der Waals surface area contributed by atoms with Crippen molar-refractivity contribution in [2.45, 2.75) is 22.2 Å². The van der Waals surface area contributed by atoms with Gasteiger partial charge in [-0.25, -0.2) is 0 Å². The van der Waals surface area contributed by atoms with Crippen LogP contribution < -0.4 is 0 Å².